The molecule has 0 aliphatic heterocycles. The van der Waals surface area contributed by atoms with Gasteiger partial charge in [0, 0.05) is 27.7 Å². The molecule has 0 unspecified atom stereocenters. The molecular formula is C23H38O11. The van der Waals surface area contributed by atoms with Gasteiger partial charge in [0.1, 0.15) is 13.2 Å². The van der Waals surface area contributed by atoms with Gasteiger partial charge in [-0.25, -0.2) is 33.9 Å². The second-order valence-corrected chi connectivity index (χ2v) is 10.2. The minimum absolute atomic E-state index is 0.0697. The van der Waals surface area contributed by atoms with Crippen molar-refractivity contribution in [1.29, 1.82) is 0 Å². The zero-order valence-electron chi connectivity index (χ0n) is 21.8. The summed E-state index contributed by atoms with van der Waals surface area (Å²) in [5.74, 6) is -5.22. The van der Waals surface area contributed by atoms with Crippen LogP contribution in [-0.4, -0.2) is 54.1 Å². The standard InChI is InChI=1S/C23H38O11/c1-15(13-27-33-20(3,4)5)17(24)29-22(9,10)31-19(26)32-23(11,12)30-18(25)16(2)14-28-34-21(6,7)8/h1-2,13-14H2,3-12H3. The van der Waals surface area contributed by atoms with E-state index >= 15 is 0 Å². The number of hydrogen-bond donors (Lipinski definition) is 0. The van der Waals surface area contributed by atoms with E-state index in [1.165, 1.54) is 27.7 Å². The van der Waals surface area contributed by atoms with Crippen molar-refractivity contribution in [3.63, 3.8) is 0 Å². The lowest BCUT2D eigenvalue weighted by atomic mass is 10.2. The molecule has 0 aliphatic rings. The van der Waals surface area contributed by atoms with Crippen LogP contribution in [0.25, 0.3) is 0 Å². The molecular weight excluding hydrogens is 452 g/mol. The first-order valence-electron chi connectivity index (χ1n) is 10.5. The normalized spacial score (nSPS) is 12.5. The number of esters is 2. The van der Waals surface area contributed by atoms with E-state index in [-0.39, 0.29) is 24.4 Å². The molecule has 0 aromatic heterocycles. The summed E-state index contributed by atoms with van der Waals surface area (Å²) in [6.45, 7) is 22.4. The van der Waals surface area contributed by atoms with E-state index in [4.69, 9.17) is 38.5 Å². The van der Waals surface area contributed by atoms with Gasteiger partial charge in [0.25, 0.3) is 11.6 Å². The Morgan fingerprint density at radius 3 is 1.12 bits per heavy atom. The third-order valence-corrected chi connectivity index (χ3v) is 3.00. The Labute approximate surface area is 201 Å². The number of carbonyl (C=O) groups is 3. The third-order valence-electron chi connectivity index (χ3n) is 3.00. The Bertz CT molecular complexity index is 690. The molecule has 11 heteroatoms. The topological polar surface area (TPSA) is 125 Å². The Morgan fingerprint density at radius 1 is 0.559 bits per heavy atom. The number of rotatable bonds is 12. The maximum Gasteiger partial charge on any atom is 0.514 e. The van der Waals surface area contributed by atoms with Gasteiger partial charge in [0.2, 0.25) is 0 Å². The van der Waals surface area contributed by atoms with Crippen LogP contribution in [0.1, 0.15) is 69.2 Å². The van der Waals surface area contributed by atoms with Gasteiger partial charge in [0.15, 0.2) is 0 Å². The van der Waals surface area contributed by atoms with E-state index in [1.807, 2.05) is 0 Å². The highest BCUT2D eigenvalue weighted by Gasteiger charge is 2.35. The van der Waals surface area contributed by atoms with E-state index in [0.29, 0.717) is 0 Å². The minimum atomic E-state index is -1.73. The van der Waals surface area contributed by atoms with Crippen molar-refractivity contribution in [3.05, 3.63) is 24.3 Å². The van der Waals surface area contributed by atoms with E-state index in [0.717, 1.165) is 0 Å². The minimum Gasteiger partial charge on any atom is -0.420 e. The molecule has 0 aromatic rings. The van der Waals surface area contributed by atoms with Gasteiger partial charge in [-0.1, -0.05) is 13.2 Å². The Kier molecular flexibility index (Phi) is 11.4. The van der Waals surface area contributed by atoms with E-state index in [9.17, 15) is 14.4 Å². The Hall–Kier alpha value is -2.47. The van der Waals surface area contributed by atoms with Crippen LogP contribution in [0.2, 0.25) is 0 Å². The zero-order valence-corrected chi connectivity index (χ0v) is 21.8. The highest BCUT2D eigenvalue weighted by molar-refractivity contribution is 5.88. The first kappa shape index (κ1) is 31.5. The summed E-state index contributed by atoms with van der Waals surface area (Å²) in [5.41, 5.74) is -1.29. The molecule has 0 rings (SSSR count). The van der Waals surface area contributed by atoms with Crippen molar-refractivity contribution in [2.24, 2.45) is 0 Å². The zero-order chi connectivity index (χ0) is 27.0. The summed E-state index contributed by atoms with van der Waals surface area (Å²) < 4.78 is 20.3. The molecule has 0 amide bonds. The van der Waals surface area contributed by atoms with Gasteiger partial charge in [0.05, 0.1) is 22.3 Å². The molecule has 0 N–H and O–H groups in total. The summed E-state index contributed by atoms with van der Waals surface area (Å²) in [6.07, 6.45) is -1.26. The van der Waals surface area contributed by atoms with Gasteiger partial charge < -0.3 is 18.9 Å². The fourth-order valence-corrected chi connectivity index (χ4v) is 1.73. The molecule has 0 aliphatic carbocycles. The Morgan fingerprint density at radius 2 is 0.853 bits per heavy atom. The summed E-state index contributed by atoms with van der Waals surface area (Å²) in [4.78, 5) is 56.5. The van der Waals surface area contributed by atoms with Crippen molar-refractivity contribution < 1.29 is 52.9 Å². The average molecular weight is 491 g/mol. The molecule has 0 fully saturated rings. The number of hydrogen-bond acceptors (Lipinski definition) is 11. The summed E-state index contributed by atoms with van der Waals surface area (Å²) >= 11 is 0. The number of ether oxygens (including phenoxy) is 4. The van der Waals surface area contributed by atoms with Gasteiger partial charge >= 0.3 is 18.1 Å². The second-order valence-electron chi connectivity index (χ2n) is 10.2. The van der Waals surface area contributed by atoms with Gasteiger partial charge in [-0.05, 0) is 41.5 Å². The molecule has 0 heterocycles. The predicted octanol–water partition coefficient (Wildman–Crippen LogP) is 4.30. The fraction of sp³-hybridized carbons (Fsp3) is 0.696. The molecule has 0 bridgehead atoms. The largest absolute Gasteiger partial charge is 0.514 e. The summed E-state index contributed by atoms with van der Waals surface area (Å²) in [5, 5.41) is 0. The molecule has 0 spiro atoms. The molecule has 0 aromatic carbocycles. The van der Waals surface area contributed by atoms with Crippen LogP contribution in [0.5, 0.6) is 0 Å². The molecule has 34 heavy (non-hydrogen) atoms. The van der Waals surface area contributed by atoms with Gasteiger partial charge in [-0.3, -0.25) is 0 Å². The van der Waals surface area contributed by atoms with E-state index in [1.54, 1.807) is 41.5 Å². The smallest absolute Gasteiger partial charge is 0.420 e. The molecule has 196 valence electrons. The Balaban J connectivity index is 4.66. The predicted molar refractivity (Wildman–Crippen MR) is 120 cm³/mol. The van der Waals surface area contributed by atoms with Crippen LogP contribution in [0.15, 0.2) is 24.3 Å². The van der Waals surface area contributed by atoms with Crippen LogP contribution in [0, 0.1) is 0 Å². The average Bonchev–Trinajstić information content (AvgIpc) is 2.56. The van der Waals surface area contributed by atoms with Crippen LogP contribution in [-0.2, 0) is 48.1 Å². The monoisotopic (exact) mass is 490 g/mol. The second kappa shape index (κ2) is 12.3. The van der Waals surface area contributed by atoms with Gasteiger partial charge in [-0.2, -0.15) is 0 Å². The highest BCUT2D eigenvalue weighted by Crippen LogP contribution is 2.20. The maximum atomic E-state index is 12.2. The van der Waals surface area contributed by atoms with Crippen molar-refractivity contribution in [3.8, 4) is 0 Å². The van der Waals surface area contributed by atoms with Crippen LogP contribution in [0.4, 0.5) is 4.79 Å². The van der Waals surface area contributed by atoms with Crippen molar-refractivity contribution in [2.45, 2.75) is 92.0 Å². The van der Waals surface area contributed by atoms with E-state index < -0.39 is 40.9 Å². The van der Waals surface area contributed by atoms with Crippen molar-refractivity contribution in [2.75, 3.05) is 13.2 Å². The number of carbonyl (C=O) groups excluding carboxylic acids is 3. The molecule has 11 nitrogen and oxygen atoms in total. The van der Waals surface area contributed by atoms with Crippen molar-refractivity contribution in [1.82, 2.24) is 0 Å². The highest BCUT2D eigenvalue weighted by atomic mass is 17.2. The van der Waals surface area contributed by atoms with Crippen LogP contribution in [0.3, 0.4) is 0 Å². The lowest BCUT2D eigenvalue weighted by Crippen LogP contribution is -2.40. The molecule has 0 atom stereocenters. The lowest BCUT2D eigenvalue weighted by Gasteiger charge is -2.29. The SMILES string of the molecule is C=C(COOC(C)(C)C)C(=O)OC(C)(C)OC(=O)OC(C)(C)OC(=O)C(=C)COOC(C)(C)C. The first-order chi connectivity index (χ1) is 15.1. The molecule has 0 saturated heterocycles. The van der Waals surface area contributed by atoms with Crippen LogP contribution < -0.4 is 0 Å². The fourth-order valence-electron chi connectivity index (χ4n) is 1.73. The molecule has 0 saturated carbocycles. The lowest BCUT2D eigenvalue weighted by molar-refractivity contribution is -0.343. The third kappa shape index (κ3) is 15.4. The summed E-state index contributed by atoms with van der Waals surface area (Å²) in [7, 11) is 0. The molecule has 0 radical (unpaired) electrons. The summed E-state index contributed by atoms with van der Waals surface area (Å²) in [6, 6.07) is 0. The van der Waals surface area contributed by atoms with Crippen molar-refractivity contribution >= 4 is 18.1 Å². The van der Waals surface area contributed by atoms with Gasteiger partial charge in [-0.15, -0.1) is 0 Å². The quantitative estimate of drug-likeness (QED) is 0.128. The maximum absolute atomic E-state index is 12.2. The van der Waals surface area contributed by atoms with E-state index in [2.05, 4.69) is 13.2 Å². The van der Waals surface area contributed by atoms with Crippen LogP contribution >= 0.6 is 0 Å². The first-order valence-corrected chi connectivity index (χ1v) is 10.5.